The van der Waals surface area contributed by atoms with Gasteiger partial charge in [0.2, 0.25) is 0 Å². The van der Waals surface area contributed by atoms with Crippen molar-refractivity contribution in [1.29, 1.82) is 5.41 Å². The van der Waals surface area contributed by atoms with Gasteiger partial charge in [0, 0.05) is 24.8 Å². The minimum Gasteiger partial charge on any atom is -0.384 e. The predicted molar refractivity (Wildman–Crippen MR) is 61.3 cm³/mol. The Morgan fingerprint density at radius 2 is 2.13 bits per heavy atom. The maximum atomic E-state index is 12.0. The third-order valence-corrected chi connectivity index (χ3v) is 2.23. The molecule has 0 aliphatic heterocycles. The number of halogens is 1. The second-order valence-corrected chi connectivity index (χ2v) is 3.39. The predicted octanol–water partition coefficient (Wildman–Crippen LogP) is 1.77. The van der Waals surface area contributed by atoms with Gasteiger partial charge >= 0.3 is 0 Å². The SMILES string of the molecule is CN(CCCF)c1ccccc1C(=N)N. The molecule has 3 N–H and O–H groups in total. The minimum absolute atomic E-state index is 0.0395. The summed E-state index contributed by atoms with van der Waals surface area (Å²) in [5.74, 6) is 0.0395. The molecule has 1 aromatic carbocycles. The zero-order valence-electron chi connectivity index (χ0n) is 8.83. The fourth-order valence-electron chi connectivity index (χ4n) is 1.45. The lowest BCUT2D eigenvalue weighted by atomic mass is 10.1. The third-order valence-electron chi connectivity index (χ3n) is 2.23. The average molecular weight is 209 g/mol. The number of amidine groups is 1. The topological polar surface area (TPSA) is 53.1 Å². The van der Waals surface area contributed by atoms with Gasteiger partial charge in [0.1, 0.15) is 5.84 Å². The van der Waals surface area contributed by atoms with Gasteiger partial charge < -0.3 is 10.6 Å². The highest BCUT2D eigenvalue weighted by Gasteiger charge is 2.08. The van der Waals surface area contributed by atoms with E-state index < -0.39 is 0 Å². The van der Waals surface area contributed by atoms with Gasteiger partial charge in [-0.3, -0.25) is 9.80 Å². The molecule has 0 amide bonds. The summed E-state index contributed by atoms with van der Waals surface area (Å²) >= 11 is 0. The van der Waals surface area contributed by atoms with Gasteiger partial charge in [-0.1, -0.05) is 12.1 Å². The first kappa shape index (κ1) is 11.5. The average Bonchev–Trinajstić information content (AvgIpc) is 2.25. The molecule has 3 nitrogen and oxygen atoms in total. The Bertz CT molecular complexity index is 338. The molecule has 0 aliphatic rings. The van der Waals surface area contributed by atoms with Crippen LogP contribution in [0.4, 0.5) is 10.1 Å². The van der Waals surface area contributed by atoms with Crippen LogP contribution in [0.1, 0.15) is 12.0 Å². The number of nitrogens with one attached hydrogen (secondary N) is 1. The summed E-state index contributed by atoms with van der Waals surface area (Å²) in [6.07, 6.45) is 0.489. The van der Waals surface area contributed by atoms with Crippen molar-refractivity contribution < 1.29 is 4.39 Å². The zero-order valence-corrected chi connectivity index (χ0v) is 8.83. The first-order chi connectivity index (χ1) is 7.16. The van der Waals surface area contributed by atoms with Crippen molar-refractivity contribution in [3.63, 3.8) is 0 Å². The number of rotatable bonds is 5. The monoisotopic (exact) mass is 209 g/mol. The van der Waals surface area contributed by atoms with Crippen molar-refractivity contribution in [3.8, 4) is 0 Å². The van der Waals surface area contributed by atoms with E-state index in [9.17, 15) is 4.39 Å². The van der Waals surface area contributed by atoms with Gasteiger partial charge in [-0.15, -0.1) is 0 Å². The Balaban J connectivity index is 2.87. The van der Waals surface area contributed by atoms with E-state index in [1.54, 1.807) is 6.07 Å². The van der Waals surface area contributed by atoms with Crippen LogP contribution in [-0.2, 0) is 0 Å². The molecular weight excluding hydrogens is 193 g/mol. The van der Waals surface area contributed by atoms with E-state index >= 15 is 0 Å². The number of anilines is 1. The molecule has 0 spiro atoms. The summed E-state index contributed by atoms with van der Waals surface area (Å²) in [5, 5.41) is 7.42. The van der Waals surface area contributed by atoms with Crippen LogP contribution in [0.3, 0.4) is 0 Å². The molecule has 0 aromatic heterocycles. The fourth-order valence-corrected chi connectivity index (χ4v) is 1.45. The Morgan fingerprint density at radius 1 is 1.47 bits per heavy atom. The largest absolute Gasteiger partial charge is 0.384 e. The van der Waals surface area contributed by atoms with Crippen LogP contribution in [-0.4, -0.2) is 26.1 Å². The lowest BCUT2D eigenvalue weighted by Gasteiger charge is -2.21. The number of nitrogen functional groups attached to an aromatic ring is 1. The highest BCUT2D eigenvalue weighted by atomic mass is 19.1. The lowest BCUT2D eigenvalue weighted by molar-refractivity contribution is 0.474. The number of nitrogens with zero attached hydrogens (tertiary/aromatic N) is 1. The quantitative estimate of drug-likeness (QED) is 0.573. The molecular formula is C11H16FN3. The molecule has 1 rings (SSSR count). The van der Waals surface area contributed by atoms with Crippen LogP contribution in [0.25, 0.3) is 0 Å². The molecule has 4 heteroatoms. The van der Waals surface area contributed by atoms with Crippen molar-refractivity contribution in [1.82, 2.24) is 0 Å². The van der Waals surface area contributed by atoms with Crippen molar-refractivity contribution in [2.45, 2.75) is 6.42 Å². The van der Waals surface area contributed by atoms with Crippen LogP contribution in [0, 0.1) is 5.41 Å². The maximum Gasteiger partial charge on any atom is 0.124 e. The van der Waals surface area contributed by atoms with Gasteiger partial charge in [0.25, 0.3) is 0 Å². The summed E-state index contributed by atoms with van der Waals surface area (Å²) in [6.45, 7) is 0.299. The van der Waals surface area contributed by atoms with E-state index in [1.165, 1.54) is 0 Å². The summed E-state index contributed by atoms with van der Waals surface area (Å²) in [4.78, 5) is 1.91. The van der Waals surface area contributed by atoms with Crippen LogP contribution in [0.5, 0.6) is 0 Å². The van der Waals surface area contributed by atoms with E-state index in [-0.39, 0.29) is 12.5 Å². The molecule has 0 saturated heterocycles. The fraction of sp³-hybridized carbons (Fsp3) is 0.364. The first-order valence-corrected chi connectivity index (χ1v) is 4.87. The van der Waals surface area contributed by atoms with Crippen LogP contribution < -0.4 is 10.6 Å². The number of alkyl halides is 1. The molecule has 0 unspecified atom stereocenters. The van der Waals surface area contributed by atoms with Gasteiger partial charge in [0.15, 0.2) is 0 Å². The first-order valence-electron chi connectivity index (χ1n) is 4.87. The Morgan fingerprint density at radius 3 is 2.73 bits per heavy atom. The van der Waals surface area contributed by atoms with Crippen LogP contribution in [0.2, 0.25) is 0 Å². The summed E-state index contributed by atoms with van der Waals surface area (Å²) in [5.41, 5.74) is 7.03. The molecule has 82 valence electrons. The van der Waals surface area contributed by atoms with E-state index in [0.717, 1.165) is 5.69 Å². The second-order valence-electron chi connectivity index (χ2n) is 3.39. The van der Waals surface area contributed by atoms with Gasteiger partial charge in [-0.05, 0) is 18.6 Å². The molecule has 0 atom stereocenters. The molecule has 0 heterocycles. The standard InChI is InChI=1S/C11H16FN3/c1-15(8-4-7-12)10-6-3-2-5-9(10)11(13)14/h2-3,5-6H,4,7-8H2,1H3,(H3,13,14). The van der Waals surface area contributed by atoms with E-state index in [0.29, 0.717) is 18.5 Å². The molecule has 15 heavy (non-hydrogen) atoms. The lowest BCUT2D eigenvalue weighted by Crippen LogP contribution is -2.23. The van der Waals surface area contributed by atoms with Crippen molar-refractivity contribution >= 4 is 11.5 Å². The normalized spacial score (nSPS) is 10.0. The van der Waals surface area contributed by atoms with Gasteiger partial charge in [-0.2, -0.15) is 0 Å². The maximum absolute atomic E-state index is 12.0. The number of hydrogen-bond donors (Lipinski definition) is 2. The molecule has 0 radical (unpaired) electrons. The third kappa shape index (κ3) is 2.94. The number of nitrogens with two attached hydrogens (primary N) is 1. The number of benzene rings is 1. The van der Waals surface area contributed by atoms with Crippen molar-refractivity contribution in [2.75, 3.05) is 25.2 Å². The zero-order chi connectivity index (χ0) is 11.3. The molecule has 0 fully saturated rings. The van der Waals surface area contributed by atoms with Gasteiger partial charge in [-0.25, -0.2) is 0 Å². The highest BCUT2D eigenvalue weighted by molar-refractivity contribution is 6.00. The smallest absolute Gasteiger partial charge is 0.124 e. The molecule has 0 bridgehead atoms. The molecule has 0 saturated carbocycles. The Labute approximate surface area is 89.2 Å². The second kappa shape index (κ2) is 5.34. The van der Waals surface area contributed by atoms with Gasteiger partial charge in [0.05, 0.1) is 6.67 Å². The summed E-state index contributed by atoms with van der Waals surface area (Å²) < 4.78 is 12.0. The van der Waals surface area contributed by atoms with E-state index in [4.69, 9.17) is 11.1 Å². The van der Waals surface area contributed by atoms with E-state index in [2.05, 4.69) is 0 Å². The van der Waals surface area contributed by atoms with Crippen molar-refractivity contribution in [3.05, 3.63) is 29.8 Å². The summed E-state index contributed by atoms with van der Waals surface area (Å²) in [7, 11) is 1.87. The van der Waals surface area contributed by atoms with E-state index in [1.807, 2.05) is 30.1 Å². The summed E-state index contributed by atoms with van der Waals surface area (Å²) in [6, 6.07) is 7.40. The minimum atomic E-state index is -0.327. The molecule has 0 aliphatic carbocycles. The van der Waals surface area contributed by atoms with Crippen LogP contribution >= 0.6 is 0 Å². The highest BCUT2D eigenvalue weighted by Crippen LogP contribution is 2.18. The van der Waals surface area contributed by atoms with Crippen LogP contribution in [0.15, 0.2) is 24.3 Å². The van der Waals surface area contributed by atoms with Crippen molar-refractivity contribution in [2.24, 2.45) is 5.73 Å². The number of para-hydroxylation sites is 1. The number of hydrogen-bond acceptors (Lipinski definition) is 2. The molecule has 1 aromatic rings. The Kier molecular flexibility index (Phi) is 4.09. The Hall–Kier alpha value is -1.58.